The minimum atomic E-state index is 0.0746. The lowest BCUT2D eigenvalue weighted by molar-refractivity contribution is 0.576. The van der Waals surface area contributed by atoms with Crippen molar-refractivity contribution in [2.75, 3.05) is 0 Å². The number of aromatic nitrogens is 1. The highest BCUT2D eigenvalue weighted by Gasteiger charge is 1.98. The number of rotatable bonds is 1. The van der Waals surface area contributed by atoms with Gasteiger partial charge in [0.1, 0.15) is 0 Å². The van der Waals surface area contributed by atoms with Gasteiger partial charge in [0.2, 0.25) is 0 Å². The van der Waals surface area contributed by atoms with Crippen molar-refractivity contribution in [3.05, 3.63) is 34.2 Å². The van der Waals surface area contributed by atoms with E-state index in [-0.39, 0.29) is 11.6 Å². The van der Waals surface area contributed by atoms with Crippen molar-refractivity contribution in [1.29, 1.82) is 0 Å². The number of hydrogen-bond acceptors (Lipinski definition) is 1. The average Bonchev–Trinajstić information content (AvgIpc) is 2.12. The molecule has 0 radical (unpaired) electrons. The Kier molecular flexibility index (Phi) is 5.12. The first-order chi connectivity index (χ1) is 6.11. The van der Waals surface area contributed by atoms with Gasteiger partial charge in [0.25, 0.3) is 5.56 Å². The largest absolute Gasteiger partial charge is 0.313 e. The first-order valence-corrected chi connectivity index (χ1v) is 4.80. The van der Waals surface area contributed by atoms with Gasteiger partial charge in [-0.1, -0.05) is 19.9 Å². The Balaban J connectivity index is 0.000000671. The van der Waals surface area contributed by atoms with Crippen molar-refractivity contribution in [1.82, 2.24) is 4.57 Å². The van der Waals surface area contributed by atoms with Crippen LogP contribution in [0.1, 0.15) is 39.3 Å². The number of hydrogen-bond donors (Lipinski definition) is 0. The Hall–Kier alpha value is -1.05. The van der Waals surface area contributed by atoms with E-state index in [1.807, 2.05) is 46.9 Å². The lowest BCUT2D eigenvalue weighted by Gasteiger charge is -2.09. The van der Waals surface area contributed by atoms with Crippen molar-refractivity contribution in [3.63, 3.8) is 0 Å². The van der Waals surface area contributed by atoms with Crippen LogP contribution in [-0.4, -0.2) is 4.57 Å². The van der Waals surface area contributed by atoms with E-state index < -0.39 is 0 Å². The molecule has 0 aliphatic rings. The van der Waals surface area contributed by atoms with Crippen LogP contribution in [0.2, 0.25) is 0 Å². The molecule has 0 aromatic carbocycles. The quantitative estimate of drug-likeness (QED) is 0.653. The van der Waals surface area contributed by atoms with Crippen molar-refractivity contribution in [3.8, 4) is 0 Å². The second-order valence-corrected chi connectivity index (χ2v) is 3.05. The average molecular weight is 181 g/mol. The minimum absolute atomic E-state index is 0.0746. The molecule has 0 fully saturated rings. The molecule has 0 N–H and O–H groups in total. The van der Waals surface area contributed by atoms with Crippen LogP contribution in [0.15, 0.2) is 23.1 Å². The molecule has 0 amide bonds. The Morgan fingerprint density at radius 1 is 1.23 bits per heavy atom. The van der Waals surface area contributed by atoms with Gasteiger partial charge >= 0.3 is 0 Å². The molecule has 0 aliphatic heterocycles. The molecule has 2 heteroatoms. The van der Waals surface area contributed by atoms with E-state index in [1.54, 1.807) is 10.6 Å². The first kappa shape index (κ1) is 11.9. The fourth-order valence-corrected chi connectivity index (χ4v) is 1.02. The second kappa shape index (κ2) is 5.57. The molecule has 0 atom stereocenters. The maximum absolute atomic E-state index is 11.2. The van der Waals surface area contributed by atoms with E-state index in [0.29, 0.717) is 0 Å². The molecule has 0 aliphatic carbocycles. The van der Waals surface area contributed by atoms with Crippen LogP contribution in [0.4, 0.5) is 0 Å². The molecule has 0 spiro atoms. The second-order valence-electron chi connectivity index (χ2n) is 3.05. The summed E-state index contributed by atoms with van der Waals surface area (Å²) in [6, 6.07) is 3.69. The van der Waals surface area contributed by atoms with Gasteiger partial charge in [-0.2, -0.15) is 0 Å². The monoisotopic (exact) mass is 181 g/mol. The van der Waals surface area contributed by atoms with Crippen LogP contribution in [-0.2, 0) is 0 Å². The van der Waals surface area contributed by atoms with E-state index >= 15 is 0 Å². The zero-order chi connectivity index (χ0) is 10.4. The maximum Gasteiger partial charge on any atom is 0.250 e. The normalized spacial score (nSPS) is 9.38. The summed E-state index contributed by atoms with van der Waals surface area (Å²) in [6.45, 7) is 9.99. The van der Waals surface area contributed by atoms with Crippen molar-refractivity contribution >= 4 is 0 Å². The number of nitrogens with zero attached hydrogens (tertiary/aromatic N) is 1. The topological polar surface area (TPSA) is 22.0 Å². The van der Waals surface area contributed by atoms with Gasteiger partial charge in [-0.25, -0.2) is 0 Å². The van der Waals surface area contributed by atoms with E-state index in [1.165, 1.54) is 0 Å². The lowest BCUT2D eigenvalue weighted by atomic mass is 10.3. The van der Waals surface area contributed by atoms with Gasteiger partial charge in [-0.05, 0) is 26.3 Å². The lowest BCUT2D eigenvalue weighted by Crippen LogP contribution is -2.20. The van der Waals surface area contributed by atoms with Crippen LogP contribution >= 0.6 is 0 Å². The van der Waals surface area contributed by atoms with Gasteiger partial charge in [0, 0.05) is 18.3 Å². The SMILES string of the molecule is CC.Cc1ccc(=O)n(C(C)C)c1. The summed E-state index contributed by atoms with van der Waals surface area (Å²) in [5, 5.41) is 0. The summed E-state index contributed by atoms with van der Waals surface area (Å²) in [5.41, 5.74) is 1.20. The Bertz CT molecular complexity index is 299. The molecule has 1 aromatic heterocycles. The van der Waals surface area contributed by atoms with Crippen LogP contribution in [0.25, 0.3) is 0 Å². The van der Waals surface area contributed by atoms with Crippen molar-refractivity contribution in [2.45, 2.75) is 40.7 Å². The predicted molar refractivity (Wildman–Crippen MR) is 57.2 cm³/mol. The molecule has 0 unspecified atom stereocenters. The Labute approximate surface area is 80.2 Å². The summed E-state index contributed by atoms with van der Waals surface area (Å²) in [7, 11) is 0. The molecule has 0 bridgehead atoms. The van der Waals surface area contributed by atoms with Gasteiger partial charge in [0.15, 0.2) is 0 Å². The molecular weight excluding hydrogens is 162 g/mol. The number of aryl methyl sites for hydroxylation is 1. The Morgan fingerprint density at radius 3 is 2.15 bits per heavy atom. The number of pyridine rings is 1. The van der Waals surface area contributed by atoms with Crippen molar-refractivity contribution in [2.24, 2.45) is 0 Å². The molecule has 1 aromatic rings. The molecule has 0 saturated heterocycles. The van der Waals surface area contributed by atoms with Gasteiger partial charge in [0.05, 0.1) is 0 Å². The van der Waals surface area contributed by atoms with Crippen LogP contribution in [0.3, 0.4) is 0 Å². The van der Waals surface area contributed by atoms with Gasteiger partial charge in [-0.15, -0.1) is 0 Å². The summed E-state index contributed by atoms with van der Waals surface area (Å²) in [6.07, 6.45) is 1.88. The molecule has 1 rings (SSSR count). The maximum atomic E-state index is 11.2. The highest BCUT2D eigenvalue weighted by Crippen LogP contribution is 2.00. The fourth-order valence-electron chi connectivity index (χ4n) is 1.02. The molecular formula is C11H19NO. The third-order valence-electron chi connectivity index (χ3n) is 1.64. The van der Waals surface area contributed by atoms with Crippen LogP contribution in [0.5, 0.6) is 0 Å². The standard InChI is InChI=1S/C9H13NO.C2H6/c1-7(2)10-6-8(3)4-5-9(10)11;1-2/h4-7H,1-3H3;1-2H3. The van der Waals surface area contributed by atoms with Gasteiger partial charge < -0.3 is 4.57 Å². The zero-order valence-corrected chi connectivity index (χ0v) is 9.16. The van der Waals surface area contributed by atoms with E-state index in [9.17, 15) is 4.79 Å². The first-order valence-electron chi connectivity index (χ1n) is 4.80. The van der Waals surface area contributed by atoms with E-state index in [0.717, 1.165) is 5.56 Å². The minimum Gasteiger partial charge on any atom is -0.313 e. The molecule has 2 nitrogen and oxygen atoms in total. The predicted octanol–water partition coefficient (Wildman–Crippen LogP) is 2.76. The smallest absolute Gasteiger partial charge is 0.250 e. The summed E-state index contributed by atoms with van der Waals surface area (Å²) < 4.78 is 1.73. The third kappa shape index (κ3) is 3.45. The van der Waals surface area contributed by atoms with Gasteiger partial charge in [-0.3, -0.25) is 4.79 Å². The van der Waals surface area contributed by atoms with E-state index in [2.05, 4.69) is 0 Å². The summed E-state index contributed by atoms with van der Waals surface area (Å²) in [4.78, 5) is 11.2. The van der Waals surface area contributed by atoms with Crippen LogP contribution < -0.4 is 5.56 Å². The molecule has 1 heterocycles. The summed E-state index contributed by atoms with van der Waals surface area (Å²) >= 11 is 0. The molecule has 74 valence electrons. The fraction of sp³-hybridized carbons (Fsp3) is 0.545. The summed E-state index contributed by atoms with van der Waals surface area (Å²) in [5.74, 6) is 0. The third-order valence-corrected chi connectivity index (χ3v) is 1.64. The zero-order valence-electron chi connectivity index (χ0n) is 9.16. The highest BCUT2D eigenvalue weighted by atomic mass is 16.1. The Morgan fingerprint density at radius 2 is 1.77 bits per heavy atom. The highest BCUT2D eigenvalue weighted by molar-refractivity contribution is 5.07. The van der Waals surface area contributed by atoms with E-state index in [4.69, 9.17) is 0 Å². The van der Waals surface area contributed by atoms with Crippen molar-refractivity contribution < 1.29 is 0 Å². The molecule has 13 heavy (non-hydrogen) atoms. The molecule has 0 saturated carbocycles. The van der Waals surface area contributed by atoms with Crippen LogP contribution in [0, 0.1) is 6.92 Å².